The van der Waals surface area contributed by atoms with Gasteiger partial charge in [-0.15, -0.1) is 0 Å². The third-order valence-corrected chi connectivity index (χ3v) is 6.16. The molecule has 0 atom stereocenters. The second-order valence-electron chi connectivity index (χ2n) is 8.34. The van der Waals surface area contributed by atoms with E-state index >= 15 is 0 Å². The van der Waals surface area contributed by atoms with E-state index in [9.17, 15) is 4.79 Å². The second kappa shape index (κ2) is 10.3. The minimum atomic E-state index is -0.659. The average molecular weight is 389 g/mol. The van der Waals surface area contributed by atoms with Gasteiger partial charge in [0.15, 0.2) is 0 Å². The number of hydrogen-bond donors (Lipinski definition) is 1. The van der Waals surface area contributed by atoms with Gasteiger partial charge >= 0.3 is 0 Å². The number of nitrogens with zero attached hydrogens (tertiary/aromatic N) is 1. The summed E-state index contributed by atoms with van der Waals surface area (Å²) in [6, 6.07) is 7.70. The van der Waals surface area contributed by atoms with Crippen molar-refractivity contribution in [3.05, 3.63) is 24.3 Å². The summed E-state index contributed by atoms with van der Waals surface area (Å²) in [7, 11) is 0. The molecule has 0 aromatic heterocycles. The lowest BCUT2D eigenvalue weighted by Gasteiger charge is -2.35. The van der Waals surface area contributed by atoms with Crippen LogP contribution in [0.3, 0.4) is 0 Å². The van der Waals surface area contributed by atoms with Crippen molar-refractivity contribution in [2.45, 2.75) is 64.4 Å². The van der Waals surface area contributed by atoms with Crippen LogP contribution < -0.4 is 10.1 Å². The van der Waals surface area contributed by atoms with E-state index in [-0.39, 0.29) is 5.91 Å². The summed E-state index contributed by atoms with van der Waals surface area (Å²) in [5.74, 6) is 1.69. The Balaban J connectivity index is 1.46. The lowest BCUT2D eigenvalue weighted by molar-refractivity contribution is -0.145. The second-order valence-corrected chi connectivity index (χ2v) is 8.34. The molecular formula is C23H36N2O3. The number of carbonyl (C=O) groups is 1. The highest BCUT2D eigenvalue weighted by molar-refractivity contribution is 5.97. The van der Waals surface area contributed by atoms with Gasteiger partial charge in [-0.05, 0) is 75.9 Å². The number of anilines is 1. The van der Waals surface area contributed by atoms with Gasteiger partial charge < -0.3 is 14.8 Å². The number of benzene rings is 1. The number of amides is 1. The van der Waals surface area contributed by atoms with Gasteiger partial charge in [-0.2, -0.15) is 0 Å². The number of likely N-dealkylation sites (tertiary alicyclic amines) is 1. The Labute approximate surface area is 169 Å². The third kappa shape index (κ3) is 5.71. The Morgan fingerprint density at radius 2 is 1.82 bits per heavy atom. The number of carbonyl (C=O) groups excluding carboxylic acids is 1. The van der Waals surface area contributed by atoms with Crippen molar-refractivity contribution in [1.29, 1.82) is 0 Å². The topological polar surface area (TPSA) is 50.8 Å². The van der Waals surface area contributed by atoms with E-state index < -0.39 is 5.60 Å². The Hall–Kier alpha value is -1.59. The molecule has 28 heavy (non-hydrogen) atoms. The minimum absolute atomic E-state index is 0.0120. The van der Waals surface area contributed by atoms with Crippen molar-refractivity contribution in [1.82, 2.24) is 4.90 Å². The number of hydrogen-bond acceptors (Lipinski definition) is 4. The SMILES string of the molecule is CCOC1(C(=O)Nc2ccc(OCCN3CCC(C)CC3)cc2)CCCCC1. The van der Waals surface area contributed by atoms with Gasteiger partial charge in [0, 0.05) is 18.8 Å². The third-order valence-electron chi connectivity index (χ3n) is 6.16. The normalized spacial score (nSPS) is 20.6. The van der Waals surface area contributed by atoms with Gasteiger partial charge in [-0.3, -0.25) is 9.69 Å². The fraction of sp³-hybridized carbons (Fsp3) is 0.696. The summed E-state index contributed by atoms with van der Waals surface area (Å²) in [6.07, 6.45) is 7.48. The smallest absolute Gasteiger partial charge is 0.256 e. The van der Waals surface area contributed by atoms with Crippen LogP contribution in [0.15, 0.2) is 24.3 Å². The van der Waals surface area contributed by atoms with Crippen LogP contribution in [0.25, 0.3) is 0 Å². The van der Waals surface area contributed by atoms with Crippen LogP contribution in [0.2, 0.25) is 0 Å². The van der Waals surface area contributed by atoms with Crippen LogP contribution in [0.1, 0.15) is 58.8 Å². The molecule has 2 fully saturated rings. The predicted octanol–water partition coefficient (Wildman–Crippen LogP) is 4.48. The van der Waals surface area contributed by atoms with Gasteiger partial charge in [0.1, 0.15) is 18.0 Å². The van der Waals surface area contributed by atoms with Crippen LogP contribution in [0.5, 0.6) is 5.75 Å². The molecule has 1 aromatic rings. The highest BCUT2D eigenvalue weighted by Gasteiger charge is 2.40. The van der Waals surface area contributed by atoms with Gasteiger partial charge in [-0.25, -0.2) is 0 Å². The van der Waals surface area contributed by atoms with Crippen LogP contribution >= 0.6 is 0 Å². The largest absolute Gasteiger partial charge is 0.492 e. The molecule has 2 aliphatic rings. The molecule has 0 unspecified atom stereocenters. The standard InChI is InChI=1S/C23H36N2O3/c1-3-28-23(13-5-4-6-14-23)22(26)24-20-7-9-21(10-8-20)27-18-17-25-15-11-19(2)12-16-25/h7-10,19H,3-6,11-18H2,1-2H3,(H,24,26). The van der Waals surface area contributed by atoms with Crippen molar-refractivity contribution >= 4 is 11.6 Å². The van der Waals surface area contributed by atoms with Crippen molar-refractivity contribution in [2.75, 3.05) is 38.2 Å². The molecule has 1 saturated carbocycles. The summed E-state index contributed by atoms with van der Waals surface area (Å²) in [5, 5.41) is 3.05. The molecule has 1 N–H and O–H groups in total. The Kier molecular flexibility index (Phi) is 7.74. The molecule has 5 heteroatoms. The van der Waals surface area contributed by atoms with E-state index in [2.05, 4.69) is 17.1 Å². The molecule has 1 aliphatic carbocycles. The molecule has 0 bridgehead atoms. The Morgan fingerprint density at radius 1 is 1.14 bits per heavy atom. The van der Waals surface area contributed by atoms with Gasteiger partial charge in [-0.1, -0.05) is 26.2 Å². The molecule has 156 valence electrons. The van der Waals surface area contributed by atoms with Crippen molar-refractivity contribution in [3.8, 4) is 5.75 Å². The highest BCUT2D eigenvalue weighted by atomic mass is 16.5. The predicted molar refractivity (Wildman–Crippen MR) is 113 cm³/mol. The summed E-state index contributed by atoms with van der Waals surface area (Å²) in [6.45, 7) is 8.89. The summed E-state index contributed by atoms with van der Waals surface area (Å²) < 4.78 is 11.8. The fourth-order valence-corrected chi connectivity index (χ4v) is 4.29. The highest BCUT2D eigenvalue weighted by Crippen LogP contribution is 2.33. The maximum Gasteiger partial charge on any atom is 0.256 e. The fourth-order valence-electron chi connectivity index (χ4n) is 4.29. The molecule has 1 amide bonds. The van der Waals surface area contributed by atoms with Crippen molar-refractivity contribution in [2.24, 2.45) is 5.92 Å². The van der Waals surface area contributed by atoms with E-state index in [1.807, 2.05) is 31.2 Å². The zero-order valence-corrected chi connectivity index (χ0v) is 17.5. The molecule has 1 saturated heterocycles. The average Bonchev–Trinajstić information content (AvgIpc) is 2.72. The van der Waals surface area contributed by atoms with Gasteiger partial charge in [0.25, 0.3) is 5.91 Å². The van der Waals surface area contributed by atoms with E-state index in [0.29, 0.717) is 13.2 Å². The molecule has 1 aliphatic heterocycles. The lowest BCUT2D eigenvalue weighted by Crippen LogP contribution is -2.47. The molecule has 0 radical (unpaired) electrons. The minimum Gasteiger partial charge on any atom is -0.492 e. The zero-order chi connectivity index (χ0) is 19.8. The molecule has 1 heterocycles. The Morgan fingerprint density at radius 3 is 2.46 bits per heavy atom. The molecule has 0 spiro atoms. The number of nitrogens with one attached hydrogen (secondary N) is 1. The van der Waals surface area contributed by atoms with E-state index in [4.69, 9.17) is 9.47 Å². The number of ether oxygens (including phenoxy) is 2. The summed E-state index contributed by atoms with van der Waals surface area (Å²) in [5.41, 5.74) is 0.140. The first-order chi connectivity index (χ1) is 13.6. The number of piperidine rings is 1. The van der Waals surface area contributed by atoms with Crippen molar-refractivity contribution in [3.63, 3.8) is 0 Å². The molecule has 1 aromatic carbocycles. The maximum absolute atomic E-state index is 12.9. The molecular weight excluding hydrogens is 352 g/mol. The van der Waals surface area contributed by atoms with Crippen LogP contribution in [0.4, 0.5) is 5.69 Å². The first kappa shape index (κ1) is 21.1. The van der Waals surface area contributed by atoms with Gasteiger partial charge in [0.05, 0.1) is 0 Å². The number of rotatable bonds is 8. The van der Waals surface area contributed by atoms with E-state index in [1.54, 1.807) is 0 Å². The van der Waals surface area contributed by atoms with Gasteiger partial charge in [0.2, 0.25) is 0 Å². The maximum atomic E-state index is 12.9. The Bertz CT molecular complexity index is 597. The monoisotopic (exact) mass is 388 g/mol. The molecule has 3 rings (SSSR count). The zero-order valence-electron chi connectivity index (χ0n) is 17.5. The quantitative estimate of drug-likeness (QED) is 0.714. The summed E-state index contributed by atoms with van der Waals surface area (Å²) >= 11 is 0. The first-order valence-corrected chi connectivity index (χ1v) is 11.0. The van der Waals surface area contributed by atoms with Crippen LogP contribution in [-0.2, 0) is 9.53 Å². The first-order valence-electron chi connectivity index (χ1n) is 11.0. The summed E-state index contributed by atoms with van der Waals surface area (Å²) in [4.78, 5) is 15.3. The molecule has 5 nitrogen and oxygen atoms in total. The lowest BCUT2D eigenvalue weighted by atomic mass is 9.83. The van der Waals surface area contributed by atoms with Crippen LogP contribution in [-0.4, -0.2) is 49.3 Å². The van der Waals surface area contributed by atoms with E-state index in [0.717, 1.165) is 49.6 Å². The van der Waals surface area contributed by atoms with Crippen LogP contribution in [0, 0.1) is 5.92 Å². The van der Waals surface area contributed by atoms with Crippen molar-refractivity contribution < 1.29 is 14.3 Å². The van der Waals surface area contributed by atoms with E-state index in [1.165, 1.54) is 32.4 Å².